The summed E-state index contributed by atoms with van der Waals surface area (Å²) >= 11 is 3.90. The molecule has 1 rings (SSSR count). The number of hydrogen-bond acceptors (Lipinski definition) is 4. The topological polar surface area (TPSA) is 67.3 Å². The zero-order valence-electron chi connectivity index (χ0n) is 5.07. The highest BCUT2D eigenvalue weighted by molar-refractivity contribution is 9.11. The number of hydrogen-bond donors (Lipinski definition) is 1. The highest BCUT2D eigenvalue weighted by atomic mass is 79.9. The van der Waals surface area contributed by atoms with Crippen molar-refractivity contribution in [1.82, 2.24) is 4.98 Å². The molecule has 1 N–H and O–H groups in total. The summed E-state index contributed by atoms with van der Waals surface area (Å²) < 4.78 is 0.400. The van der Waals surface area contributed by atoms with E-state index in [2.05, 4.69) is 20.9 Å². The van der Waals surface area contributed by atoms with Crippen molar-refractivity contribution in [2.45, 2.75) is 0 Å². The van der Waals surface area contributed by atoms with E-state index in [1.807, 2.05) is 0 Å². The first-order valence-electron chi connectivity index (χ1n) is 2.50. The van der Waals surface area contributed by atoms with Gasteiger partial charge in [0.15, 0.2) is 10.2 Å². The number of nitrogens with zero attached hydrogens (tertiary/aromatic N) is 1. The number of carbonyl (C=O) groups is 2. The quantitative estimate of drug-likeness (QED) is 0.788. The number of carbonyl (C=O) groups excluding carboxylic acids is 1. The molecule has 0 fully saturated rings. The maximum Gasteiger partial charge on any atom is 0.348 e. The Balaban J connectivity index is 3.22. The van der Waals surface area contributed by atoms with Crippen LogP contribution in [0.25, 0.3) is 0 Å². The number of aromatic nitrogens is 1. The Bertz CT molecular complexity index is 309. The summed E-state index contributed by atoms with van der Waals surface area (Å²) in [5.41, 5.74) is -0.0330. The summed E-state index contributed by atoms with van der Waals surface area (Å²) in [7, 11) is 0. The second kappa shape index (κ2) is 3.10. The van der Waals surface area contributed by atoms with Crippen LogP contribution < -0.4 is 0 Å². The van der Waals surface area contributed by atoms with Crippen LogP contribution in [0.1, 0.15) is 20.2 Å². The summed E-state index contributed by atoms with van der Waals surface area (Å²) in [6.45, 7) is 0. The Morgan fingerprint density at radius 3 is 2.73 bits per heavy atom. The van der Waals surface area contributed by atoms with Crippen LogP contribution in [0.2, 0.25) is 0 Å². The van der Waals surface area contributed by atoms with E-state index in [0.29, 0.717) is 10.2 Å². The Hall–Kier alpha value is -0.750. The Kier molecular flexibility index (Phi) is 2.35. The maximum absolute atomic E-state index is 10.4. The van der Waals surface area contributed by atoms with E-state index >= 15 is 0 Å². The summed E-state index contributed by atoms with van der Waals surface area (Å²) in [4.78, 5) is 24.2. The molecule has 0 aliphatic rings. The predicted molar refractivity (Wildman–Crippen MR) is 42.2 cm³/mol. The molecule has 1 heterocycles. The van der Waals surface area contributed by atoms with Gasteiger partial charge in [-0.05, 0) is 15.9 Å². The van der Waals surface area contributed by atoms with E-state index < -0.39 is 5.97 Å². The third-order valence-electron chi connectivity index (χ3n) is 0.933. The smallest absolute Gasteiger partial charge is 0.348 e. The maximum atomic E-state index is 10.4. The lowest BCUT2D eigenvalue weighted by atomic mass is 10.4. The standard InChI is InChI=1S/C5H2BrNO3S/c6-5-7-2(1-8)3(11-5)4(9)10/h1H,(H,9,10). The molecular formula is C5H2BrNO3S. The van der Waals surface area contributed by atoms with Crippen molar-refractivity contribution >= 4 is 39.5 Å². The van der Waals surface area contributed by atoms with E-state index in [-0.39, 0.29) is 10.6 Å². The molecule has 58 valence electrons. The largest absolute Gasteiger partial charge is 0.477 e. The minimum atomic E-state index is -1.13. The van der Waals surface area contributed by atoms with Gasteiger partial charge in [-0.2, -0.15) is 0 Å². The van der Waals surface area contributed by atoms with Gasteiger partial charge in [-0.25, -0.2) is 9.78 Å². The zero-order valence-corrected chi connectivity index (χ0v) is 7.48. The number of aldehydes is 1. The number of carboxylic acids is 1. The molecule has 1 aromatic rings. The minimum Gasteiger partial charge on any atom is -0.477 e. The molecule has 0 saturated heterocycles. The van der Waals surface area contributed by atoms with Crippen molar-refractivity contribution in [2.75, 3.05) is 0 Å². The lowest BCUT2D eigenvalue weighted by molar-refractivity contribution is 0.0699. The lowest BCUT2D eigenvalue weighted by Gasteiger charge is -1.83. The van der Waals surface area contributed by atoms with E-state index in [9.17, 15) is 9.59 Å². The fraction of sp³-hybridized carbons (Fsp3) is 0. The number of rotatable bonds is 2. The van der Waals surface area contributed by atoms with Gasteiger partial charge in [0.1, 0.15) is 10.6 Å². The predicted octanol–water partition coefficient (Wildman–Crippen LogP) is 1.42. The van der Waals surface area contributed by atoms with Crippen LogP contribution in [0, 0.1) is 0 Å². The highest BCUT2D eigenvalue weighted by Gasteiger charge is 2.14. The monoisotopic (exact) mass is 235 g/mol. The van der Waals surface area contributed by atoms with Crippen LogP contribution in [0.5, 0.6) is 0 Å². The van der Waals surface area contributed by atoms with Gasteiger partial charge in [-0.15, -0.1) is 0 Å². The number of carboxylic acid groups (broad SMARTS) is 1. The molecule has 0 spiro atoms. The van der Waals surface area contributed by atoms with Crippen molar-refractivity contribution in [3.63, 3.8) is 0 Å². The minimum absolute atomic E-state index is 0.0330. The van der Waals surface area contributed by atoms with Crippen LogP contribution in [0.15, 0.2) is 3.92 Å². The number of aromatic carboxylic acids is 1. The summed E-state index contributed by atoms with van der Waals surface area (Å²) in [6, 6.07) is 0. The SMILES string of the molecule is O=Cc1nc(Br)sc1C(=O)O. The van der Waals surface area contributed by atoms with Crippen LogP contribution in [-0.2, 0) is 0 Å². The molecule has 0 bridgehead atoms. The Labute approximate surface area is 74.0 Å². The van der Waals surface area contributed by atoms with E-state index in [0.717, 1.165) is 11.3 Å². The molecule has 0 aromatic carbocycles. The van der Waals surface area contributed by atoms with Crippen LogP contribution >= 0.6 is 27.3 Å². The average molecular weight is 236 g/mol. The molecule has 0 unspecified atom stereocenters. The molecule has 0 aliphatic carbocycles. The second-order valence-electron chi connectivity index (χ2n) is 1.60. The summed E-state index contributed by atoms with van der Waals surface area (Å²) in [6.07, 6.45) is 0.421. The van der Waals surface area contributed by atoms with E-state index in [4.69, 9.17) is 5.11 Å². The normalized spacial score (nSPS) is 9.55. The molecule has 0 aliphatic heterocycles. The van der Waals surface area contributed by atoms with Crippen molar-refractivity contribution in [3.05, 3.63) is 14.5 Å². The third kappa shape index (κ3) is 1.63. The van der Waals surface area contributed by atoms with Gasteiger partial charge in [0.25, 0.3) is 0 Å². The summed E-state index contributed by atoms with van der Waals surface area (Å²) in [5.74, 6) is -1.13. The molecule has 1 aromatic heterocycles. The fourth-order valence-corrected chi connectivity index (χ4v) is 1.81. The first-order valence-corrected chi connectivity index (χ1v) is 4.11. The third-order valence-corrected chi connectivity index (χ3v) is 2.44. The van der Waals surface area contributed by atoms with Crippen LogP contribution in [0.4, 0.5) is 0 Å². The number of thiazole rings is 1. The van der Waals surface area contributed by atoms with Gasteiger partial charge < -0.3 is 5.11 Å². The molecule has 11 heavy (non-hydrogen) atoms. The first-order chi connectivity index (χ1) is 5.15. The van der Waals surface area contributed by atoms with Crippen molar-refractivity contribution < 1.29 is 14.7 Å². The summed E-state index contributed by atoms with van der Waals surface area (Å²) in [5, 5.41) is 8.50. The highest BCUT2D eigenvalue weighted by Crippen LogP contribution is 2.21. The van der Waals surface area contributed by atoms with Crippen molar-refractivity contribution in [1.29, 1.82) is 0 Å². The van der Waals surface area contributed by atoms with E-state index in [1.54, 1.807) is 0 Å². The average Bonchev–Trinajstić information content (AvgIpc) is 2.30. The molecule has 0 radical (unpaired) electrons. The molecule has 0 saturated carbocycles. The Morgan fingerprint density at radius 2 is 2.36 bits per heavy atom. The van der Waals surface area contributed by atoms with Crippen molar-refractivity contribution in [2.24, 2.45) is 0 Å². The first kappa shape index (κ1) is 8.35. The van der Waals surface area contributed by atoms with Gasteiger partial charge in [0.2, 0.25) is 0 Å². The number of halogens is 1. The van der Waals surface area contributed by atoms with Gasteiger partial charge in [0, 0.05) is 0 Å². The molecule has 6 heteroatoms. The van der Waals surface area contributed by atoms with Crippen LogP contribution in [0.3, 0.4) is 0 Å². The lowest BCUT2D eigenvalue weighted by Crippen LogP contribution is -1.96. The van der Waals surface area contributed by atoms with Gasteiger partial charge in [-0.3, -0.25) is 4.79 Å². The second-order valence-corrected chi connectivity index (χ2v) is 3.88. The molecule has 4 nitrogen and oxygen atoms in total. The Morgan fingerprint density at radius 1 is 1.73 bits per heavy atom. The van der Waals surface area contributed by atoms with Crippen LogP contribution in [-0.4, -0.2) is 22.3 Å². The molecular weight excluding hydrogens is 234 g/mol. The van der Waals surface area contributed by atoms with Gasteiger partial charge >= 0.3 is 5.97 Å². The van der Waals surface area contributed by atoms with Crippen molar-refractivity contribution in [3.8, 4) is 0 Å². The molecule has 0 atom stereocenters. The van der Waals surface area contributed by atoms with Gasteiger partial charge in [0.05, 0.1) is 0 Å². The zero-order chi connectivity index (χ0) is 8.43. The molecule has 0 amide bonds. The van der Waals surface area contributed by atoms with E-state index in [1.165, 1.54) is 0 Å². The van der Waals surface area contributed by atoms with Gasteiger partial charge in [-0.1, -0.05) is 11.3 Å². The fourth-order valence-electron chi connectivity index (χ4n) is 0.538.